The van der Waals surface area contributed by atoms with Crippen molar-refractivity contribution in [2.45, 2.75) is 43.4 Å². The summed E-state index contributed by atoms with van der Waals surface area (Å²) in [5, 5.41) is 0.101. The van der Waals surface area contributed by atoms with Crippen molar-refractivity contribution in [2.75, 3.05) is 0 Å². The molecule has 1 aliphatic rings. The van der Waals surface area contributed by atoms with E-state index in [9.17, 15) is 4.39 Å². The highest BCUT2D eigenvalue weighted by Crippen LogP contribution is 2.36. The van der Waals surface area contributed by atoms with Crippen molar-refractivity contribution in [3.63, 3.8) is 0 Å². The largest absolute Gasteiger partial charge is 0.207 e. The lowest BCUT2D eigenvalue weighted by Gasteiger charge is -2.20. The van der Waals surface area contributed by atoms with Crippen LogP contribution in [0.4, 0.5) is 4.39 Å². The first-order chi connectivity index (χ1) is 7.29. The summed E-state index contributed by atoms with van der Waals surface area (Å²) in [6.45, 7) is 0. The fourth-order valence-corrected chi connectivity index (χ4v) is 2.80. The van der Waals surface area contributed by atoms with E-state index >= 15 is 0 Å². The molecule has 2 unspecified atom stereocenters. The Morgan fingerprint density at radius 1 is 1.07 bits per heavy atom. The van der Waals surface area contributed by atoms with E-state index in [0.29, 0.717) is 0 Å². The van der Waals surface area contributed by atoms with Crippen molar-refractivity contribution in [1.29, 1.82) is 0 Å². The molecule has 1 fully saturated rings. The van der Waals surface area contributed by atoms with Crippen molar-refractivity contribution in [1.82, 2.24) is 0 Å². The van der Waals surface area contributed by atoms with Gasteiger partial charge in [-0.25, -0.2) is 4.39 Å². The normalized spacial score (nSPS) is 27.3. The molecule has 0 aromatic heterocycles. The van der Waals surface area contributed by atoms with Crippen LogP contribution in [0.3, 0.4) is 0 Å². The average Bonchev–Trinajstić information content (AvgIpc) is 2.44. The molecule has 2 atom stereocenters. The molecule has 0 bridgehead atoms. The predicted octanol–water partition coefficient (Wildman–Crippen LogP) is 4.48. The Labute approximate surface area is 95.4 Å². The first kappa shape index (κ1) is 10.9. The maximum atomic E-state index is 13.6. The molecule has 0 saturated heterocycles. The zero-order chi connectivity index (χ0) is 10.7. The highest BCUT2D eigenvalue weighted by atomic mass is 35.5. The Kier molecular flexibility index (Phi) is 3.63. The van der Waals surface area contributed by atoms with E-state index in [4.69, 9.17) is 11.6 Å². The molecular formula is C13H16ClF. The van der Waals surface area contributed by atoms with Crippen LogP contribution in [0.15, 0.2) is 24.3 Å². The average molecular weight is 227 g/mol. The Morgan fingerprint density at radius 2 is 1.80 bits per heavy atom. The van der Waals surface area contributed by atoms with E-state index in [1.165, 1.54) is 25.3 Å². The quantitative estimate of drug-likeness (QED) is 0.489. The number of hydrogen-bond donors (Lipinski definition) is 0. The number of benzene rings is 1. The third kappa shape index (κ3) is 2.52. The third-order valence-corrected chi connectivity index (χ3v) is 3.76. The second kappa shape index (κ2) is 4.98. The van der Waals surface area contributed by atoms with Gasteiger partial charge in [0.05, 0.1) is 0 Å². The Balaban J connectivity index is 2.24. The molecule has 0 aliphatic heterocycles. The molecule has 1 saturated carbocycles. The SMILES string of the molecule is Fc1ccccc1C1CCCCCC1Cl. The van der Waals surface area contributed by atoms with Gasteiger partial charge in [0.2, 0.25) is 0 Å². The second-order valence-electron chi connectivity index (χ2n) is 4.28. The van der Waals surface area contributed by atoms with Crippen molar-refractivity contribution in [3.8, 4) is 0 Å². The summed E-state index contributed by atoms with van der Waals surface area (Å²) in [6.07, 6.45) is 5.62. The Bertz CT molecular complexity index is 324. The maximum absolute atomic E-state index is 13.6. The number of alkyl halides is 1. The molecule has 2 heteroatoms. The fourth-order valence-electron chi connectivity index (χ4n) is 2.39. The molecule has 15 heavy (non-hydrogen) atoms. The van der Waals surface area contributed by atoms with E-state index in [2.05, 4.69) is 0 Å². The van der Waals surface area contributed by atoms with Crippen molar-refractivity contribution in [2.24, 2.45) is 0 Å². The minimum Gasteiger partial charge on any atom is -0.207 e. The molecule has 0 spiro atoms. The van der Waals surface area contributed by atoms with Gasteiger partial charge in [-0.1, -0.05) is 37.5 Å². The smallest absolute Gasteiger partial charge is 0.126 e. The summed E-state index contributed by atoms with van der Waals surface area (Å²) < 4.78 is 13.6. The van der Waals surface area contributed by atoms with Crippen molar-refractivity contribution < 1.29 is 4.39 Å². The van der Waals surface area contributed by atoms with Crippen LogP contribution in [0.25, 0.3) is 0 Å². The van der Waals surface area contributed by atoms with Gasteiger partial charge >= 0.3 is 0 Å². The predicted molar refractivity (Wildman–Crippen MR) is 61.9 cm³/mol. The summed E-state index contributed by atoms with van der Waals surface area (Å²) in [7, 11) is 0. The van der Waals surface area contributed by atoms with Crippen molar-refractivity contribution >= 4 is 11.6 Å². The van der Waals surface area contributed by atoms with Crippen LogP contribution in [-0.2, 0) is 0 Å². The number of rotatable bonds is 1. The first-order valence-electron chi connectivity index (χ1n) is 5.67. The Hall–Kier alpha value is -0.560. The molecule has 0 radical (unpaired) electrons. The highest BCUT2D eigenvalue weighted by molar-refractivity contribution is 6.21. The van der Waals surface area contributed by atoms with E-state index in [0.717, 1.165) is 18.4 Å². The highest BCUT2D eigenvalue weighted by Gasteiger charge is 2.25. The molecule has 1 aromatic carbocycles. The van der Waals surface area contributed by atoms with Crippen LogP contribution >= 0.6 is 11.6 Å². The molecule has 0 amide bonds. The van der Waals surface area contributed by atoms with E-state index in [-0.39, 0.29) is 17.1 Å². The van der Waals surface area contributed by atoms with Gasteiger partial charge in [-0.3, -0.25) is 0 Å². The maximum Gasteiger partial charge on any atom is 0.126 e. The van der Waals surface area contributed by atoms with Crippen LogP contribution < -0.4 is 0 Å². The Morgan fingerprint density at radius 3 is 2.60 bits per heavy atom. The molecular weight excluding hydrogens is 211 g/mol. The van der Waals surface area contributed by atoms with Crippen molar-refractivity contribution in [3.05, 3.63) is 35.6 Å². The van der Waals surface area contributed by atoms with Gasteiger partial charge < -0.3 is 0 Å². The summed E-state index contributed by atoms with van der Waals surface area (Å²) in [6, 6.07) is 7.04. The van der Waals surface area contributed by atoms with E-state index < -0.39 is 0 Å². The van der Waals surface area contributed by atoms with Gasteiger partial charge in [-0.05, 0) is 24.5 Å². The molecule has 2 rings (SSSR count). The molecule has 1 aromatic rings. The minimum atomic E-state index is -0.102. The molecule has 82 valence electrons. The minimum absolute atomic E-state index is 0.101. The van der Waals surface area contributed by atoms with Crippen LogP contribution in [0.1, 0.15) is 43.6 Å². The molecule has 1 aliphatic carbocycles. The van der Waals surface area contributed by atoms with Gasteiger partial charge in [0.15, 0.2) is 0 Å². The number of hydrogen-bond acceptors (Lipinski definition) is 0. The molecule has 0 heterocycles. The standard InChI is InChI=1S/C13H16ClF/c14-12-8-3-1-2-6-10(12)11-7-4-5-9-13(11)15/h4-5,7,9-10,12H,1-3,6,8H2. The summed E-state index contributed by atoms with van der Waals surface area (Å²) in [4.78, 5) is 0. The molecule has 0 nitrogen and oxygen atoms in total. The first-order valence-corrected chi connectivity index (χ1v) is 6.11. The summed E-state index contributed by atoms with van der Waals surface area (Å²) in [5.74, 6) is 0.102. The zero-order valence-electron chi connectivity index (χ0n) is 8.76. The fraction of sp³-hybridized carbons (Fsp3) is 0.538. The van der Waals surface area contributed by atoms with Gasteiger partial charge in [0.25, 0.3) is 0 Å². The van der Waals surface area contributed by atoms with Crippen LogP contribution in [-0.4, -0.2) is 5.38 Å². The van der Waals surface area contributed by atoms with Gasteiger partial charge in [-0.15, -0.1) is 11.6 Å². The van der Waals surface area contributed by atoms with Crippen LogP contribution in [0.5, 0.6) is 0 Å². The summed E-state index contributed by atoms with van der Waals surface area (Å²) >= 11 is 6.33. The lowest BCUT2D eigenvalue weighted by Crippen LogP contribution is -2.12. The lowest BCUT2D eigenvalue weighted by molar-refractivity contribution is 0.541. The topological polar surface area (TPSA) is 0 Å². The number of halogens is 2. The van der Waals surface area contributed by atoms with Gasteiger partial charge in [-0.2, -0.15) is 0 Å². The van der Waals surface area contributed by atoms with E-state index in [1.807, 2.05) is 12.1 Å². The lowest BCUT2D eigenvalue weighted by atomic mass is 9.91. The van der Waals surface area contributed by atoms with Crippen LogP contribution in [0.2, 0.25) is 0 Å². The second-order valence-corrected chi connectivity index (χ2v) is 4.84. The van der Waals surface area contributed by atoms with Gasteiger partial charge in [0.1, 0.15) is 5.82 Å². The zero-order valence-corrected chi connectivity index (χ0v) is 9.51. The van der Waals surface area contributed by atoms with Crippen LogP contribution in [0, 0.1) is 5.82 Å². The van der Waals surface area contributed by atoms with E-state index in [1.54, 1.807) is 6.07 Å². The third-order valence-electron chi connectivity index (χ3n) is 3.24. The molecule has 0 N–H and O–H groups in total. The van der Waals surface area contributed by atoms with Gasteiger partial charge in [0, 0.05) is 11.3 Å². The monoisotopic (exact) mass is 226 g/mol. The summed E-state index contributed by atoms with van der Waals surface area (Å²) in [5.41, 5.74) is 0.805.